The first-order valence-corrected chi connectivity index (χ1v) is 7.99. The van der Waals surface area contributed by atoms with Crippen molar-refractivity contribution in [2.24, 2.45) is 5.92 Å². The van der Waals surface area contributed by atoms with Crippen molar-refractivity contribution in [3.63, 3.8) is 0 Å². The molecule has 0 aromatic heterocycles. The van der Waals surface area contributed by atoms with Gasteiger partial charge in [-0.1, -0.05) is 11.6 Å². The van der Waals surface area contributed by atoms with Crippen molar-refractivity contribution >= 4 is 11.8 Å². The van der Waals surface area contributed by atoms with E-state index in [4.69, 9.17) is 0 Å². The third kappa shape index (κ3) is 3.22. The lowest BCUT2D eigenvalue weighted by Gasteiger charge is -2.16. The molecule has 3 rings (SSSR count). The van der Waals surface area contributed by atoms with E-state index in [1.165, 1.54) is 31.3 Å². The van der Waals surface area contributed by atoms with Gasteiger partial charge in [-0.25, -0.2) is 0 Å². The summed E-state index contributed by atoms with van der Waals surface area (Å²) in [5.41, 5.74) is 1.48. The van der Waals surface area contributed by atoms with E-state index in [1.807, 2.05) is 4.90 Å². The van der Waals surface area contributed by atoms with E-state index in [9.17, 15) is 9.59 Å². The van der Waals surface area contributed by atoms with Crippen molar-refractivity contribution in [1.82, 2.24) is 10.2 Å². The van der Waals surface area contributed by atoms with E-state index in [0.29, 0.717) is 19.0 Å². The van der Waals surface area contributed by atoms with E-state index in [0.717, 1.165) is 25.8 Å². The maximum atomic E-state index is 12.1. The first-order valence-electron chi connectivity index (χ1n) is 7.99. The van der Waals surface area contributed by atoms with Crippen LogP contribution in [-0.2, 0) is 9.59 Å². The molecule has 110 valence electrons. The fraction of sp³-hybridized carbons (Fsp3) is 0.750. The molecule has 0 aromatic carbocycles. The van der Waals surface area contributed by atoms with Gasteiger partial charge in [0.25, 0.3) is 0 Å². The molecule has 0 radical (unpaired) electrons. The Labute approximate surface area is 120 Å². The highest BCUT2D eigenvalue weighted by molar-refractivity contribution is 5.89. The van der Waals surface area contributed by atoms with Gasteiger partial charge in [-0.15, -0.1) is 0 Å². The monoisotopic (exact) mass is 276 g/mol. The molecular weight excluding hydrogens is 252 g/mol. The first-order chi connectivity index (χ1) is 9.74. The van der Waals surface area contributed by atoms with Gasteiger partial charge in [-0.3, -0.25) is 9.59 Å². The summed E-state index contributed by atoms with van der Waals surface area (Å²) in [5, 5.41) is 3.01. The molecule has 0 aromatic rings. The summed E-state index contributed by atoms with van der Waals surface area (Å²) >= 11 is 0. The topological polar surface area (TPSA) is 49.4 Å². The van der Waals surface area contributed by atoms with E-state index in [2.05, 4.69) is 11.4 Å². The lowest BCUT2D eigenvalue weighted by atomic mass is 9.97. The molecule has 1 saturated carbocycles. The molecule has 2 amide bonds. The molecule has 0 spiro atoms. The average molecular weight is 276 g/mol. The van der Waals surface area contributed by atoms with Crippen molar-refractivity contribution < 1.29 is 9.59 Å². The second kappa shape index (κ2) is 5.98. The summed E-state index contributed by atoms with van der Waals surface area (Å²) in [5.74, 6) is 0.115. The number of carbonyl (C=O) groups excluding carboxylic acids is 2. The minimum absolute atomic E-state index is 0.0675. The molecular formula is C16H24N2O2. The zero-order valence-electron chi connectivity index (χ0n) is 12.1. The molecule has 0 unspecified atom stereocenters. The van der Waals surface area contributed by atoms with Gasteiger partial charge in [0.2, 0.25) is 11.8 Å². The molecule has 2 fully saturated rings. The average Bonchev–Trinajstić information content (AvgIpc) is 3.23. The summed E-state index contributed by atoms with van der Waals surface area (Å²) in [6, 6.07) is 0.438. The Morgan fingerprint density at radius 1 is 1.35 bits per heavy atom. The number of rotatable bonds is 5. The van der Waals surface area contributed by atoms with Crippen LogP contribution in [-0.4, -0.2) is 35.8 Å². The van der Waals surface area contributed by atoms with Gasteiger partial charge in [0.15, 0.2) is 0 Å². The quantitative estimate of drug-likeness (QED) is 0.781. The first kappa shape index (κ1) is 13.7. The molecule has 2 aliphatic carbocycles. The molecule has 1 heterocycles. The normalized spacial score (nSPS) is 26.6. The van der Waals surface area contributed by atoms with Crippen molar-refractivity contribution in [2.75, 3.05) is 13.1 Å². The molecule has 4 heteroatoms. The van der Waals surface area contributed by atoms with Gasteiger partial charge in [0.1, 0.15) is 0 Å². The Morgan fingerprint density at radius 3 is 2.90 bits per heavy atom. The van der Waals surface area contributed by atoms with Crippen LogP contribution in [0.5, 0.6) is 0 Å². The summed E-state index contributed by atoms with van der Waals surface area (Å²) < 4.78 is 0. The molecule has 3 aliphatic rings. The van der Waals surface area contributed by atoms with Crippen LogP contribution in [0.2, 0.25) is 0 Å². The van der Waals surface area contributed by atoms with Crippen molar-refractivity contribution in [1.29, 1.82) is 0 Å². The number of nitrogens with zero attached hydrogens (tertiary/aromatic N) is 1. The number of likely N-dealkylation sites (tertiary alicyclic amines) is 1. The van der Waals surface area contributed by atoms with Gasteiger partial charge < -0.3 is 10.2 Å². The van der Waals surface area contributed by atoms with Gasteiger partial charge >= 0.3 is 0 Å². The predicted octanol–water partition coefficient (Wildman–Crippen LogP) is 2.00. The van der Waals surface area contributed by atoms with Crippen LogP contribution in [0.4, 0.5) is 0 Å². The Kier molecular flexibility index (Phi) is 4.08. The van der Waals surface area contributed by atoms with Crippen LogP contribution in [0.15, 0.2) is 11.6 Å². The Bertz CT molecular complexity index is 426. The zero-order chi connectivity index (χ0) is 13.9. The Balaban J connectivity index is 1.40. The van der Waals surface area contributed by atoms with E-state index < -0.39 is 0 Å². The summed E-state index contributed by atoms with van der Waals surface area (Å²) in [6.07, 6.45) is 10.9. The van der Waals surface area contributed by atoms with E-state index >= 15 is 0 Å². The number of hydrogen-bond acceptors (Lipinski definition) is 2. The minimum atomic E-state index is -0.122. The maximum absolute atomic E-state index is 12.1. The highest BCUT2D eigenvalue weighted by atomic mass is 16.2. The summed E-state index contributed by atoms with van der Waals surface area (Å²) in [6.45, 7) is 1.36. The van der Waals surface area contributed by atoms with Crippen LogP contribution < -0.4 is 5.32 Å². The molecule has 1 atom stereocenters. The highest BCUT2D eigenvalue weighted by Gasteiger charge is 2.41. The SMILES string of the molecule is O=C(NCCC1=CCCCC1)[C@H]1CC(=O)N(C2CC2)C1. The lowest BCUT2D eigenvalue weighted by molar-refractivity contribution is -0.129. The second-order valence-corrected chi connectivity index (χ2v) is 6.33. The molecule has 4 nitrogen and oxygen atoms in total. The Hall–Kier alpha value is -1.32. The van der Waals surface area contributed by atoms with Gasteiger partial charge in [0, 0.05) is 25.6 Å². The van der Waals surface area contributed by atoms with Gasteiger partial charge in [0.05, 0.1) is 5.92 Å². The lowest BCUT2D eigenvalue weighted by Crippen LogP contribution is -2.34. The third-order valence-electron chi connectivity index (χ3n) is 4.65. The fourth-order valence-corrected chi connectivity index (χ4v) is 3.27. The number of carbonyl (C=O) groups is 2. The summed E-state index contributed by atoms with van der Waals surface area (Å²) in [4.78, 5) is 25.9. The van der Waals surface area contributed by atoms with Crippen LogP contribution in [0.25, 0.3) is 0 Å². The van der Waals surface area contributed by atoms with Crippen LogP contribution in [0.3, 0.4) is 0 Å². The van der Waals surface area contributed by atoms with Crippen molar-refractivity contribution in [3.8, 4) is 0 Å². The minimum Gasteiger partial charge on any atom is -0.355 e. The zero-order valence-corrected chi connectivity index (χ0v) is 12.1. The fourth-order valence-electron chi connectivity index (χ4n) is 3.27. The number of allylic oxidation sites excluding steroid dienone is 1. The molecule has 1 aliphatic heterocycles. The maximum Gasteiger partial charge on any atom is 0.225 e. The number of nitrogens with one attached hydrogen (secondary N) is 1. The van der Waals surface area contributed by atoms with Gasteiger partial charge in [-0.2, -0.15) is 0 Å². The largest absolute Gasteiger partial charge is 0.355 e. The number of hydrogen-bond donors (Lipinski definition) is 1. The van der Waals surface area contributed by atoms with Crippen LogP contribution in [0.1, 0.15) is 51.4 Å². The van der Waals surface area contributed by atoms with Crippen LogP contribution >= 0.6 is 0 Å². The molecule has 1 saturated heterocycles. The van der Waals surface area contributed by atoms with E-state index in [1.54, 1.807) is 0 Å². The predicted molar refractivity (Wildman–Crippen MR) is 77.0 cm³/mol. The van der Waals surface area contributed by atoms with Crippen molar-refractivity contribution in [2.45, 2.75) is 57.4 Å². The number of amides is 2. The standard InChI is InChI=1S/C16H24N2O2/c19-15-10-13(11-18(15)14-6-7-14)16(20)17-9-8-12-4-2-1-3-5-12/h4,13-14H,1-3,5-11H2,(H,17,20)/t13-/m0/s1. The van der Waals surface area contributed by atoms with E-state index in [-0.39, 0.29) is 17.7 Å². The summed E-state index contributed by atoms with van der Waals surface area (Å²) in [7, 11) is 0. The second-order valence-electron chi connectivity index (χ2n) is 6.33. The third-order valence-corrected chi connectivity index (χ3v) is 4.65. The smallest absolute Gasteiger partial charge is 0.225 e. The van der Waals surface area contributed by atoms with Crippen LogP contribution in [0, 0.1) is 5.92 Å². The van der Waals surface area contributed by atoms with Crippen molar-refractivity contribution in [3.05, 3.63) is 11.6 Å². The molecule has 20 heavy (non-hydrogen) atoms. The highest BCUT2D eigenvalue weighted by Crippen LogP contribution is 2.32. The molecule has 0 bridgehead atoms. The van der Waals surface area contributed by atoms with Gasteiger partial charge in [-0.05, 0) is 44.9 Å². The molecule has 1 N–H and O–H groups in total. The Morgan fingerprint density at radius 2 is 2.20 bits per heavy atom.